The quantitative estimate of drug-likeness (QED) is 0.442. The maximum atomic E-state index is 10.7. The van der Waals surface area contributed by atoms with Crippen LogP contribution >= 0.6 is 0 Å². The van der Waals surface area contributed by atoms with E-state index in [0.717, 1.165) is 6.61 Å². The molecule has 26 heavy (non-hydrogen) atoms. The molecule has 2 unspecified atom stereocenters. The molecule has 1 fully saturated rings. The van der Waals surface area contributed by atoms with Crippen LogP contribution in [0, 0.1) is 0 Å². The number of hydrogen-bond donors (Lipinski definition) is 0. The molecule has 2 atom stereocenters. The van der Waals surface area contributed by atoms with E-state index in [1.54, 1.807) is 0 Å². The number of benzene rings is 2. The second-order valence-corrected chi connectivity index (χ2v) is 9.14. The van der Waals surface area contributed by atoms with Gasteiger partial charge in [0.2, 0.25) is 0 Å². The van der Waals surface area contributed by atoms with E-state index < -0.39 is 15.6 Å². The second kappa shape index (κ2) is 8.60. The number of fused-ring (bicyclic) bond motifs is 1. The number of halogens is 3. The zero-order valence-corrected chi connectivity index (χ0v) is 15.7. The molecule has 2 aromatic rings. The summed E-state index contributed by atoms with van der Waals surface area (Å²) >= 11 is 0. The van der Waals surface area contributed by atoms with Gasteiger partial charge in [-0.3, -0.25) is 0 Å². The summed E-state index contributed by atoms with van der Waals surface area (Å²) in [6.07, 6.45) is 1.71. The maximum absolute atomic E-state index is 10.7. The highest BCUT2D eigenvalue weighted by Gasteiger charge is 2.37. The molecule has 1 aliphatic rings. The normalized spacial score (nSPS) is 20.7. The summed E-state index contributed by atoms with van der Waals surface area (Å²) < 4.78 is 64.7. The van der Waals surface area contributed by atoms with Crippen molar-refractivity contribution in [1.82, 2.24) is 0 Å². The molecule has 0 amide bonds. The van der Waals surface area contributed by atoms with Crippen LogP contribution in [0.1, 0.15) is 13.3 Å². The van der Waals surface area contributed by atoms with Crippen molar-refractivity contribution in [2.24, 2.45) is 0 Å². The number of ether oxygens (including phenoxy) is 1. The Morgan fingerprint density at radius 1 is 1.19 bits per heavy atom. The van der Waals surface area contributed by atoms with Gasteiger partial charge in [-0.05, 0) is 24.4 Å². The summed E-state index contributed by atoms with van der Waals surface area (Å²) in [6.45, 7) is 2.94. The molecule has 0 aromatic heterocycles. The molecule has 0 saturated carbocycles. The smallest absolute Gasteiger partial charge is 0.485 e. The van der Waals surface area contributed by atoms with Crippen molar-refractivity contribution in [3.8, 4) is 0 Å². The lowest BCUT2D eigenvalue weighted by molar-refractivity contribution is -0.0517. The highest BCUT2D eigenvalue weighted by atomic mass is 32.2. The first kappa shape index (κ1) is 21.0. The first-order valence-electron chi connectivity index (χ1n) is 7.92. The van der Waals surface area contributed by atoms with E-state index in [1.165, 1.54) is 33.6 Å². The largest absolute Gasteiger partial charge is 0.741 e. The summed E-state index contributed by atoms with van der Waals surface area (Å²) in [5.41, 5.74) is -5.65. The molecule has 0 spiro atoms. The van der Waals surface area contributed by atoms with Gasteiger partial charge in [-0.15, -0.1) is 0 Å². The first-order chi connectivity index (χ1) is 12.1. The van der Waals surface area contributed by atoms with Gasteiger partial charge in [-0.25, -0.2) is 8.42 Å². The minimum Gasteiger partial charge on any atom is -0.741 e. The third-order valence-electron chi connectivity index (χ3n) is 3.82. The molecule has 9 heteroatoms. The van der Waals surface area contributed by atoms with Crippen molar-refractivity contribution in [2.75, 3.05) is 18.1 Å². The van der Waals surface area contributed by atoms with Gasteiger partial charge in [0.1, 0.15) is 17.6 Å². The van der Waals surface area contributed by atoms with E-state index in [0.29, 0.717) is 17.0 Å². The van der Waals surface area contributed by atoms with E-state index in [9.17, 15) is 13.2 Å². The lowest BCUT2D eigenvalue weighted by atomic mass is 10.1. The summed E-state index contributed by atoms with van der Waals surface area (Å²) in [7, 11) is -5.71. The number of hydrogen-bond acceptors (Lipinski definition) is 4. The fourth-order valence-corrected chi connectivity index (χ4v) is 5.27. The van der Waals surface area contributed by atoms with Crippen LogP contribution in [0.4, 0.5) is 13.2 Å². The standard InChI is InChI=1S/C16H19OS.CHF3O3S/c1-2-17-14-10-11-18(12-14)16-9-5-7-13-6-3-4-8-15(13)16;2-1(3,4)8(5,6)7/h3-9,14H,2,10-12H2,1H3;(H,5,6,7)/q+1;/p-1. The SMILES string of the molecule is CCOC1CC[S+](c2cccc3ccccc23)C1.O=S(=O)([O-])C(F)(F)F. The molecule has 0 radical (unpaired) electrons. The topological polar surface area (TPSA) is 66.4 Å². The van der Waals surface area contributed by atoms with Gasteiger partial charge >= 0.3 is 5.51 Å². The van der Waals surface area contributed by atoms with E-state index in [4.69, 9.17) is 17.7 Å². The Labute approximate surface area is 153 Å². The molecule has 2 aromatic carbocycles. The van der Waals surface area contributed by atoms with Crippen LogP contribution in [0.25, 0.3) is 10.8 Å². The molecule has 144 valence electrons. The highest BCUT2D eigenvalue weighted by molar-refractivity contribution is 7.97. The molecular weight excluding hydrogens is 389 g/mol. The third-order valence-corrected chi connectivity index (χ3v) is 6.87. The van der Waals surface area contributed by atoms with Crippen molar-refractivity contribution in [3.63, 3.8) is 0 Å². The zero-order chi connectivity index (χ0) is 19.4. The third kappa shape index (κ3) is 5.35. The molecule has 1 aliphatic heterocycles. The Morgan fingerprint density at radius 2 is 1.81 bits per heavy atom. The summed E-state index contributed by atoms with van der Waals surface area (Å²) in [5.74, 6) is 2.50. The van der Waals surface area contributed by atoms with Gasteiger partial charge in [-0.1, -0.05) is 30.3 Å². The molecule has 3 rings (SSSR count). The van der Waals surface area contributed by atoms with Crippen LogP contribution < -0.4 is 0 Å². The predicted molar refractivity (Wildman–Crippen MR) is 95.1 cm³/mol. The molecule has 0 bridgehead atoms. The lowest BCUT2D eigenvalue weighted by Gasteiger charge is -2.08. The highest BCUT2D eigenvalue weighted by Crippen LogP contribution is 2.30. The fourth-order valence-electron chi connectivity index (χ4n) is 2.68. The number of rotatable bonds is 3. The van der Waals surface area contributed by atoms with Gasteiger partial charge < -0.3 is 9.29 Å². The van der Waals surface area contributed by atoms with Crippen LogP contribution in [-0.2, 0) is 25.7 Å². The Bertz CT molecular complexity index is 832. The molecule has 4 nitrogen and oxygen atoms in total. The van der Waals surface area contributed by atoms with Gasteiger partial charge in [0.15, 0.2) is 15.0 Å². The second-order valence-electron chi connectivity index (χ2n) is 5.61. The van der Waals surface area contributed by atoms with Crippen molar-refractivity contribution in [2.45, 2.75) is 29.9 Å². The monoisotopic (exact) mass is 408 g/mol. The van der Waals surface area contributed by atoms with Crippen molar-refractivity contribution in [3.05, 3.63) is 42.5 Å². The Hall–Kier alpha value is -1.29. The van der Waals surface area contributed by atoms with Crippen LogP contribution in [0.5, 0.6) is 0 Å². The number of alkyl halides is 3. The van der Waals surface area contributed by atoms with Crippen LogP contribution in [-0.4, -0.2) is 42.7 Å². The Morgan fingerprint density at radius 3 is 2.42 bits per heavy atom. The Balaban J connectivity index is 0.000000260. The van der Waals surface area contributed by atoms with E-state index in [1.807, 2.05) is 0 Å². The average Bonchev–Trinajstić information content (AvgIpc) is 3.02. The zero-order valence-electron chi connectivity index (χ0n) is 14.0. The maximum Gasteiger partial charge on any atom is 0.485 e. The van der Waals surface area contributed by atoms with Crippen molar-refractivity contribution < 1.29 is 30.9 Å². The molecule has 1 heterocycles. The van der Waals surface area contributed by atoms with E-state index >= 15 is 0 Å². The summed E-state index contributed by atoms with van der Waals surface area (Å²) in [5, 5.41) is 2.79. The average molecular weight is 408 g/mol. The van der Waals surface area contributed by atoms with Crippen LogP contribution in [0.3, 0.4) is 0 Å². The lowest BCUT2D eigenvalue weighted by Crippen LogP contribution is -2.21. The van der Waals surface area contributed by atoms with Gasteiger partial charge in [0, 0.05) is 29.3 Å². The van der Waals surface area contributed by atoms with Gasteiger partial charge in [0.25, 0.3) is 0 Å². The summed E-state index contributed by atoms with van der Waals surface area (Å²) in [6, 6.07) is 15.4. The fraction of sp³-hybridized carbons (Fsp3) is 0.412. The molecule has 1 saturated heterocycles. The minimum absolute atomic E-state index is 0.378. The molecular formula is C17H19F3O4S2. The Kier molecular flexibility index (Phi) is 6.95. The van der Waals surface area contributed by atoms with Crippen LogP contribution in [0.15, 0.2) is 47.4 Å². The van der Waals surface area contributed by atoms with E-state index in [-0.39, 0.29) is 0 Å². The van der Waals surface area contributed by atoms with Gasteiger partial charge in [-0.2, -0.15) is 13.2 Å². The summed E-state index contributed by atoms with van der Waals surface area (Å²) in [4.78, 5) is 1.54. The van der Waals surface area contributed by atoms with Crippen molar-refractivity contribution >= 4 is 31.8 Å². The van der Waals surface area contributed by atoms with E-state index in [2.05, 4.69) is 49.4 Å². The minimum atomic E-state index is -6.09. The van der Waals surface area contributed by atoms with Gasteiger partial charge in [0.05, 0.1) is 0 Å². The molecule has 0 N–H and O–H groups in total. The predicted octanol–water partition coefficient (Wildman–Crippen LogP) is 3.68. The van der Waals surface area contributed by atoms with Crippen molar-refractivity contribution in [1.29, 1.82) is 0 Å². The first-order valence-corrected chi connectivity index (χ1v) is 10.9. The van der Waals surface area contributed by atoms with Crippen LogP contribution in [0.2, 0.25) is 0 Å². The molecule has 0 aliphatic carbocycles.